The summed E-state index contributed by atoms with van der Waals surface area (Å²) in [4.78, 5) is 28.9. The summed E-state index contributed by atoms with van der Waals surface area (Å²) < 4.78 is 1.73. The molecular formula is C22H28N8O2. The van der Waals surface area contributed by atoms with Crippen LogP contribution in [0.15, 0.2) is 30.1 Å². The lowest BCUT2D eigenvalue weighted by atomic mass is 9.92. The number of rotatable bonds is 5. The Balaban J connectivity index is 1.40. The van der Waals surface area contributed by atoms with Crippen LogP contribution in [-0.2, 0) is 4.79 Å². The van der Waals surface area contributed by atoms with Gasteiger partial charge in [-0.3, -0.25) is 10.1 Å². The molecule has 10 nitrogen and oxygen atoms in total. The van der Waals surface area contributed by atoms with E-state index in [-0.39, 0.29) is 30.4 Å². The molecule has 1 saturated heterocycles. The van der Waals surface area contributed by atoms with E-state index >= 15 is 0 Å². The van der Waals surface area contributed by atoms with Gasteiger partial charge in [-0.25, -0.2) is 9.78 Å². The Morgan fingerprint density at radius 1 is 1.22 bits per heavy atom. The van der Waals surface area contributed by atoms with Gasteiger partial charge < -0.3 is 21.7 Å². The molecule has 2 aromatic rings. The molecule has 0 atom stereocenters. The number of aromatic nitrogens is 3. The summed E-state index contributed by atoms with van der Waals surface area (Å²) in [7, 11) is 0. The highest BCUT2D eigenvalue weighted by atomic mass is 16.2. The molecule has 0 bridgehead atoms. The largest absolute Gasteiger partial charge is 0.367 e. The molecule has 2 aliphatic carbocycles. The maximum Gasteiger partial charge on any atom is 0.320 e. The van der Waals surface area contributed by atoms with E-state index in [4.69, 9.17) is 5.73 Å². The van der Waals surface area contributed by atoms with E-state index in [2.05, 4.69) is 37.9 Å². The first-order valence-electron chi connectivity index (χ1n) is 11.1. The normalized spacial score (nSPS) is 24.6. The second-order valence-electron chi connectivity index (χ2n) is 8.86. The van der Waals surface area contributed by atoms with Crippen molar-refractivity contribution >= 4 is 35.3 Å². The molecule has 5 rings (SSSR count). The maximum atomic E-state index is 12.6. The summed E-state index contributed by atoms with van der Waals surface area (Å²) >= 11 is 0. The number of nitrogens with zero attached hydrogens (tertiary/aromatic N) is 3. The van der Waals surface area contributed by atoms with Gasteiger partial charge in [-0.15, -0.1) is 0 Å². The van der Waals surface area contributed by atoms with Gasteiger partial charge in [-0.05, 0) is 50.2 Å². The van der Waals surface area contributed by atoms with Crippen molar-refractivity contribution in [1.29, 1.82) is 0 Å². The number of carbonyl (C=O) groups excluding carboxylic acids is 2. The third kappa shape index (κ3) is 4.45. The molecule has 0 aromatic carbocycles. The smallest absolute Gasteiger partial charge is 0.320 e. The highest BCUT2D eigenvalue weighted by molar-refractivity contribution is 5.91. The lowest BCUT2D eigenvalue weighted by Crippen LogP contribution is -2.42. The number of nitrogens with two attached hydrogens (primary N) is 1. The van der Waals surface area contributed by atoms with Crippen LogP contribution >= 0.6 is 0 Å². The molecule has 3 heterocycles. The molecule has 2 aromatic heterocycles. The topological polar surface area (TPSA) is 138 Å². The molecule has 6 N–H and O–H groups in total. The SMILES string of the molecule is C=C1NC(=O)C/C1=C\c1cnn2c(NC3CC3)cc(NC(=O)NC3CCC(N)CC3)nc12. The minimum absolute atomic E-state index is 0.0792. The van der Waals surface area contributed by atoms with Crippen molar-refractivity contribution in [2.24, 2.45) is 5.73 Å². The summed E-state index contributed by atoms with van der Waals surface area (Å²) in [5, 5.41) is 16.6. The Morgan fingerprint density at radius 2 is 1.97 bits per heavy atom. The summed E-state index contributed by atoms with van der Waals surface area (Å²) in [6.45, 7) is 3.90. The molecule has 1 aliphatic heterocycles. The average molecular weight is 437 g/mol. The average Bonchev–Trinajstić information content (AvgIpc) is 3.38. The zero-order valence-electron chi connectivity index (χ0n) is 17.9. The molecule has 0 spiro atoms. The van der Waals surface area contributed by atoms with Crippen molar-refractivity contribution in [3.8, 4) is 0 Å². The minimum atomic E-state index is -0.280. The third-order valence-electron chi connectivity index (χ3n) is 6.14. The Hall–Kier alpha value is -3.40. The molecular weight excluding hydrogens is 408 g/mol. The fraction of sp³-hybridized carbons (Fsp3) is 0.455. The minimum Gasteiger partial charge on any atom is -0.367 e. The summed E-state index contributed by atoms with van der Waals surface area (Å²) in [5.41, 5.74) is 8.69. The molecule has 10 heteroatoms. The van der Waals surface area contributed by atoms with Gasteiger partial charge in [0.05, 0.1) is 12.6 Å². The van der Waals surface area contributed by atoms with Crippen LogP contribution in [-0.4, -0.2) is 44.7 Å². The van der Waals surface area contributed by atoms with Crippen LogP contribution in [0.2, 0.25) is 0 Å². The van der Waals surface area contributed by atoms with E-state index in [9.17, 15) is 9.59 Å². The second-order valence-corrected chi connectivity index (χ2v) is 8.86. The van der Waals surface area contributed by atoms with Crippen LogP contribution in [0, 0.1) is 0 Å². The van der Waals surface area contributed by atoms with Crippen LogP contribution in [0.3, 0.4) is 0 Å². The lowest BCUT2D eigenvalue weighted by Gasteiger charge is -2.26. The van der Waals surface area contributed by atoms with Gasteiger partial charge in [0.15, 0.2) is 5.65 Å². The van der Waals surface area contributed by atoms with Gasteiger partial charge in [0.2, 0.25) is 5.91 Å². The van der Waals surface area contributed by atoms with Gasteiger partial charge in [0.25, 0.3) is 0 Å². The number of amides is 3. The fourth-order valence-corrected chi connectivity index (χ4v) is 4.18. The van der Waals surface area contributed by atoms with E-state index in [0.717, 1.165) is 55.5 Å². The predicted octanol–water partition coefficient (Wildman–Crippen LogP) is 2.11. The van der Waals surface area contributed by atoms with Crippen molar-refractivity contribution in [2.75, 3.05) is 10.6 Å². The quantitative estimate of drug-likeness (QED) is 0.487. The van der Waals surface area contributed by atoms with Crippen LogP contribution in [0.5, 0.6) is 0 Å². The Bertz CT molecular complexity index is 1110. The molecule has 168 valence electrons. The van der Waals surface area contributed by atoms with E-state index in [1.54, 1.807) is 16.8 Å². The Morgan fingerprint density at radius 3 is 2.66 bits per heavy atom. The van der Waals surface area contributed by atoms with Gasteiger partial charge >= 0.3 is 6.03 Å². The second kappa shape index (κ2) is 8.27. The van der Waals surface area contributed by atoms with Crippen molar-refractivity contribution in [2.45, 2.75) is 63.1 Å². The van der Waals surface area contributed by atoms with E-state index in [1.807, 2.05) is 6.08 Å². The molecule has 0 radical (unpaired) electrons. The monoisotopic (exact) mass is 436 g/mol. The van der Waals surface area contributed by atoms with Crippen molar-refractivity contribution in [3.05, 3.63) is 35.7 Å². The van der Waals surface area contributed by atoms with E-state index < -0.39 is 0 Å². The maximum absolute atomic E-state index is 12.6. The molecule has 3 amide bonds. The van der Waals surface area contributed by atoms with Crippen LogP contribution < -0.4 is 27.0 Å². The van der Waals surface area contributed by atoms with Crippen molar-refractivity contribution < 1.29 is 9.59 Å². The molecule has 3 aliphatic rings. The summed E-state index contributed by atoms with van der Waals surface area (Å²) in [5.74, 6) is 1.12. The highest BCUT2D eigenvalue weighted by Crippen LogP contribution is 2.28. The zero-order valence-corrected chi connectivity index (χ0v) is 17.9. The van der Waals surface area contributed by atoms with Gasteiger partial charge in [-0.2, -0.15) is 9.61 Å². The Labute approximate surface area is 185 Å². The number of fused-ring (bicyclic) bond motifs is 1. The number of anilines is 2. The first-order valence-corrected chi connectivity index (χ1v) is 11.1. The van der Waals surface area contributed by atoms with E-state index in [1.165, 1.54) is 0 Å². The highest BCUT2D eigenvalue weighted by Gasteiger charge is 2.25. The number of carbonyl (C=O) groups is 2. The van der Waals surface area contributed by atoms with Crippen molar-refractivity contribution in [3.63, 3.8) is 0 Å². The standard InChI is InChI=1S/C22H28N8O2/c1-12-13(9-20(31)25-12)8-14-11-24-30-19(26-16-6-7-16)10-18(28-21(14)30)29-22(32)27-17-4-2-15(23)3-5-17/h8,10-11,15-17,26H,1-7,9,23H2,(H,25,31)(H2,27,28,29,32)/b13-8+. The van der Waals surface area contributed by atoms with Crippen LogP contribution in [0.1, 0.15) is 50.5 Å². The molecule has 2 saturated carbocycles. The van der Waals surface area contributed by atoms with Gasteiger partial charge in [0, 0.05) is 35.5 Å². The summed E-state index contributed by atoms with van der Waals surface area (Å²) in [6.07, 6.45) is 9.64. The van der Waals surface area contributed by atoms with Crippen LogP contribution in [0.4, 0.5) is 16.4 Å². The van der Waals surface area contributed by atoms with Gasteiger partial charge in [0.1, 0.15) is 11.6 Å². The lowest BCUT2D eigenvalue weighted by molar-refractivity contribution is -0.118. The fourth-order valence-electron chi connectivity index (χ4n) is 4.18. The first-order chi connectivity index (χ1) is 15.4. The van der Waals surface area contributed by atoms with Crippen LogP contribution in [0.25, 0.3) is 11.7 Å². The summed E-state index contributed by atoms with van der Waals surface area (Å²) in [6, 6.07) is 2.27. The predicted molar refractivity (Wildman–Crippen MR) is 122 cm³/mol. The Kier molecular flexibility index (Phi) is 5.30. The number of urea groups is 1. The molecule has 3 fully saturated rings. The van der Waals surface area contributed by atoms with Gasteiger partial charge in [-0.1, -0.05) is 6.58 Å². The number of hydrogen-bond donors (Lipinski definition) is 5. The van der Waals surface area contributed by atoms with E-state index in [0.29, 0.717) is 23.2 Å². The third-order valence-corrected chi connectivity index (χ3v) is 6.14. The number of nitrogens with one attached hydrogen (secondary N) is 4. The first kappa shape index (κ1) is 20.5. The molecule has 0 unspecified atom stereocenters. The number of hydrogen-bond acceptors (Lipinski definition) is 6. The van der Waals surface area contributed by atoms with Crippen molar-refractivity contribution in [1.82, 2.24) is 25.2 Å². The molecule has 32 heavy (non-hydrogen) atoms. The zero-order chi connectivity index (χ0) is 22.2. The number of allylic oxidation sites excluding steroid dienone is 1.